The molecule has 0 saturated heterocycles. The molecule has 2 aromatic carbocycles. The molecule has 156 valence electrons. The second kappa shape index (κ2) is 6.35. The summed E-state index contributed by atoms with van der Waals surface area (Å²) in [6.07, 6.45) is -1.80. The Kier molecular flexibility index (Phi) is 4.16. The minimum absolute atomic E-state index is 0.254. The van der Waals surface area contributed by atoms with Gasteiger partial charge >= 0.3 is 6.09 Å². The molecule has 0 amide bonds. The van der Waals surface area contributed by atoms with Crippen LogP contribution in [-0.4, -0.2) is 35.0 Å². The van der Waals surface area contributed by atoms with Crippen molar-refractivity contribution in [1.82, 2.24) is 4.57 Å². The van der Waals surface area contributed by atoms with Gasteiger partial charge in [-0.15, -0.1) is 0 Å². The van der Waals surface area contributed by atoms with Gasteiger partial charge in [-0.25, -0.2) is 17.8 Å². The molecule has 3 atom stereocenters. The van der Waals surface area contributed by atoms with E-state index in [1.807, 2.05) is 6.07 Å². The van der Waals surface area contributed by atoms with Crippen LogP contribution in [0, 0.1) is 0 Å². The molecular weight excluding hydrogens is 422 g/mol. The van der Waals surface area contributed by atoms with Crippen molar-refractivity contribution in [3.8, 4) is 0 Å². The molecule has 2 aliphatic heterocycles. The number of rotatable bonds is 0. The number of fused-ring (bicyclic) bond motifs is 6. The predicted molar refractivity (Wildman–Crippen MR) is 115 cm³/mol. The standard InChI is InChI=1S/C22H21NO5S2/c1-22(2,3)28-21(25)23-14-10-6-4-8-12(14)16-17(24)19-18(29-20(16)23)13-9-5-7-11-15(13)30(19,26)27/h4-11,17-19,24H,1-3H3/t17-,18+,19+/m0/s1. The molecule has 30 heavy (non-hydrogen) atoms. The van der Waals surface area contributed by atoms with Gasteiger partial charge < -0.3 is 9.84 Å². The minimum Gasteiger partial charge on any atom is -0.443 e. The van der Waals surface area contributed by atoms with Crippen molar-refractivity contribution in [2.75, 3.05) is 0 Å². The Morgan fingerprint density at radius 1 is 1.10 bits per heavy atom. The average Bonchev–Trinajstić information content (AvgIpc) is 3.11. The summed E-state index contributed by atoms with van der Waals surface area (Å²) >= 11 is 1.31. The zero-order valence-electron chi connectivity index (χ0n) is 16.7. The Morgan fingerprint density at radius 2 is 1.77 bits per heavy atom. The molecule has 2 aliphatic rings. The van der Waals surface area contributed by atoms with E-state index in [4.69, 9.17) is 4.74 Å². The van der Waals surface area contributed by atoms with Crippen LogP contribution >= 0.6 is 11.8 Å². The van der Waals surface area contributed by atoms with Crippen LogP contribution < -0.4 is 0 Å². The summed E-state index contributed by atoms with van der Waals surface area (Å²) < 4.78 is 33.6. The van der Waals surface area contributed by atoms with E-state index in [1.54, 1.807) is 63.2 Å². The molecule has 0 spiro atoms. The number of nitrogens with zero attached hydrogens (tertiary/aromatic N) is 1. The Bertz CT molecular complexity index is 1300. The number of aliphatic hydroxyl groups excluding tert-OH is 1. The van der Waals surface area contributed by atoms with E-state index >= 15 is 0 Å². The number of para-hydroxylation sites is 1. The Morgan fingerprint density at radius 3 is 2.50 bits per heavy atom. The maximum atomic E-state index is 13.2. The second-order valence-corrected chi connectivity index (χ2v) is 11.8. The zero-order valence-corrected chi connectivity index (χ0v) is 18.3. The topological polar surface area (TPSA) is 85.6 Å². The smallest absolute Gasteiger partial charge is 0.419 e. The third kappa shape index (κ3) is 2.67. The van der Waals surface area contributed by atoms with Gasteiger partial charge in [0.05, 0.1) is 20.7 Å². The van der Waals surface area contributed by atoms with Gasteiger partial charge in [-0.1, -0.05) is 48.2 Å². The first-order valence-corrected chi connectivity index (χ1v) is 12.1. The first-order chi connectivity index (χ1) is 14.1. The van der Waals surface area contributed by atoms with Crippen LogP contribution in [0.5, 0.6) is 0 Å². The summed E-state index contributed by atoms with van der Waals surface area (Å²) in [5.74, 6) is 0. The number of benzene rings is 2. The highest BCUT2D eigenvalue weighted by Gasteiger charge is 2.54. The molecule has 1 N–H and O–H groups in total. The summed E-state index contributed by atoms with van der Waals surface area (Å²) in [5, 5.41) is 11.0. The minimum atomic E-state index is -3.70. The van der Waals surface area contributed by atoms with Crippen molar-refractivity contribution in [2.45, 2.75) is 52.9 Å². The highest BCUT2D eigenvalue weighted by molar-refractivity contribution is 8.02. The van der Waals surface area contributed by atoms with E-state index in [9.17, 15) is 18.3 Å². The van der Waals surface area contributed by atoms with Gasteiger partial charge in [0.15, 0.2) is 9.84 Å². The lowest BCUT2D eigenvalue weighted by Gasteiger charge is -2.30. The fourth-order valence-electron chi connectivity index (χ4n) is 4.34. The van der Waals surface area contributed by atoms with Crippen molar-refractivity contribution in [1.29, 1.82) is 0 Å². The predicted octanol–water partition coefficient (Wildman–Crippen LogP) is 4.46. The molecular formula is C22H21NO5S2. The number of carbonyl (C=O) groups excluding carboxylic acids is 1. The Balaban J connectivity index is 1.76. The molecule has 0 fully saturated rings. The van der Waals surface area contributed by atoms with E-state index in [1.165, 1.54) is 16.3 Å². The molecule has 3 heterocycles. The molecule has 0 bridgehead atoms. The van der Waals surface area contributed by atoms with E-state index < -0.39 is 38.1 Å². The summed E-state index contributed by atoms with van der Waals surface area (Å²) in [7, 11) is -3.70. The molecule has 0 radical (unpaired) electrons. The van der Waals surface area contributed by atoms with Gasteiger partial charge in [-0.2, -0.15) is 0 Å². The van der Waals surface area contributed by atoms with E-state index in [0.717, 1.165) is 0 Å². The molecule has 1 aromatic heterocycles. The van der Waals surface area contributed by atoms with Crippen LogP contribution in [0.4, 0.5) is 4.79 Å². The van der Waals surface area contributed by atoms with Crippen molar-refractivity contribution < 1.29 is 23.1 Å². The van der Waals surface area contributed by atoms with Crippen LogP contribution in [0.2, 0.25) is 0 Å². The van der Waals surface area contributed by atoms with Gasteiger partial charge in [0.25, 0.3) is 0 Å². The lowest BCUT2D eigenvalue weighted by molar-refractivity contribution is 0.0529. The third-order valence-electron chi connectivity index (χ3n) is 5.48. The number of thioether (sulfide) groups is 1. The molecule has 0 aliphatic carbocycles. The SMILES string of the molecule is CC(C)(C)OC(=O)n1c2c(c3ccccc31)[C@H](O)[C@@H]1[C@H](S2)c2ccccc2S1(=O)=O. The van der Waals surface area contributed by atoms with Gasteiger partial charge in [0.1, 0.15) is 17.0 Å². The van der Waals surface area contributed by atoms with Crippen molar-refractivity contribution >= 4 is 38.6 Å². The van der Waals surface area contributed by atoms with E-state index in [0.29, 0.717) is 27.1 Å². The number of ether oxygens (including phenoxy) is 1. The number of aliphatic hydroxyl groups is 1. The maximum absolute atomic E-state index is 13.2. The van der Waals surface area contributed by atoms with Crippen LogP contribution in [-0.2, 0) is 14.6 Å². The zero-order chi connectivity index (χ0) is 21.4. The fraction of sp³-hybridized carbons (Fsp3) is 0.318. The quantitative estimate of drug-likeness (QED) is 0.552. The summed E-state index contributed by atoms with van der Waals surface area (Å²) in [4.78, 5) is 13.4. The van der Waals surface area contributed by atoms with Crippen molar-refractivity contribution in [3.05, 3.63) is 59.7 Å². The van der Waals surface area contributed by atoms with Crippen molar-refractivity contribution in [2.24, 2.45) is 0 Å². The molecule has 0 unspecified atom stereocenters. The van der Waals surface area contributed by atoms with E-state index in [-0.39, 0.29) is 4.90 Å². The first-order valence-electron chi connectivity index (χ1n) is 9.65. The Hall–Kier alpha value is -2.29. The highest BCUT2D eigenvalue weighted by atomic mass is 32.2. The average molecular weight is 444 g/mol. The number of hydrogen-bond donors (Lipinski definition) is 1. The van der Waals surface area contributed by atoms with Crippen LogP contribution in [0.25, 0.3) is 10.9 Å². The molecule has 0 saturated carbocycles. The second-order valence-electron chi connectivity index (χ2n) is 8.58. The normalized spacial score (nSPS) is 24.2. The van der Waals surface area contributed by atoms with Crippen LogP contribution in [0.3, 0.4) is 0 Å². The number of hydrogen-bond acceptors (Lipinski definition) is 6. The highest BCUT2D eigenvalue weighted by Crippen LogP contribution is 2.59. The summed E-state index contributed by atoms with van der Waals surface area (Å²) in [6.45, 7) is 5.38. The van der Waals surface area contributed by atoms with Crippen LogP contribution in [0.1, 0.15) is 43.3 Å². The summed E-state index contributed by atoms with van der Waals surface area (Å²) in [5.41, 5.74) is 1.03. The third-order valence-corrected chi connectivity index (χ3v) is 9.31. The van der Waals surface area contributed by atoms with Gasteiger partial charge in [0.2, 0.25) is 0 Å². The van der Waals surface area contributed by atoms with Crippen molar-refractivity contribution in [3.63, 3.8) is 0 Å². The fourth-order valence-corrected chi connectivity index (χ4v) is 8.55. The maximum Gasteiger partial charge on any atom is 0.419 e. The lowest BCUT2D eigenvalue weighted by Crippen LogP contribution is -2.32. The molecule has 3 aromatic rings. The van der Waals surface area contributed by atoms with Gasteiger partial charge in [-0.3, -0.25) is 0 Å². The Labute approximate surface area is 178 Å². The molecule has 6 nitrogen and oxygen atoms in total. The van der Waals surface area contributed by atoms with Crippen LogP contribution in [0.15, 0.2) is 58.5 Å². The van der Waals surface area contributed by atoms with Gasteiger partial charge in [-0.05, 0) is 38.5 Å². The largest absolute Gasteiger partial charge is 0.443 e. The lowest BCUT2D eigenvalue weighted by atomic mass is 9.99. The molecule has 8 heteroatoms. The number of carbonyl (C=O) groups is 1. The van der Waals surface area contributed by atoms with E-state index in [2.05, 4.69) is 0 Å². The number of aromatic nitrogens is 1. The number of sulfone groups is 1. The monoisotopic (exact) mass is 443 g/mol. The summed E-state index contributed by atoms with van der Waals surface area (Å²) in [6, 6.07) is 14.0. The first kappa shape index (κ1) is 19.7. The van der Waals surface area contributed by atoms with Gasteiger partial charge in [0, 0.05) is 10.9 Å². The molecule has 5 rings (SSSR count).